The highest BCUT2D eigenvalue weighted by Crippen LogP contribution is 2.28. The molecular formula is C7H12N2O3. The maximum atomic E-state index is 10.7. The average Bonchev–Trinajstić information content (AvgIpc) is 2.22. The number of aliphatic hydroxyl groups is 1. The van der Waals surface area contributed by atoms with Gasteiger partial charge in [-0.05, 0) is 0 Å². The number of aliphatic hydroxyl groups excluding tert-OH is 1. The van der Waals surface area contributed by atoms with Gasteiger partial charge in [-0.15, -0.1) is 0 Å². The Hall–Kier alpha value is -0.810. The Labute approximate surface area is 70.0 Å². The van der Waals surface area contributed by atoms with Crippen molar-refractivity contribution in [2.45, 2.75) is 12.1 Å². The summed E-state index contributed by atoms with van der Waals surface area (Å²) < 4.78 is 0. The van der Waals surface area contributed by atoms with Gasteiger partial charge in [-0.3, -0.25) is 0 Å². The van der Waals surface area contributed by atoms with Crippen LogP contribution in [0, 0.1) is 5.92 Å². The summed E-state index contributed by atoms with van der Waals surface area (Å²) in [5, 5.41) is 20.8. The molecule has 0 aliphatic carbocycles. The monoisotopic (exact) mass is 172 g/mol. The lowest BCUT2D eigenvalue weighted by atomic mass is 9.93. The summed E-state index contributed by atoms with van der Waals surface area (Å²) in [5.74, 6) is 0.0832. The smallest absolute Gasteiger partial charge is 0.407 e. The highest BCUT2D eigenvalue weighted by Gasteiger charge is 2.48. The number of fused-ring (bicyclic) bond motifs is 1. The third kappa shape index (κ3) is 0.899. The first-order chi connectivity index (χ1) is 5.74. The summed E-state index contributed by atoms with van der Waals surface area (Å²) in [4.78, 5) is 12.1. The van der Waals surface area contributed by atoms with Gasteiger partial charge < -0.3 is 20.4 Å². The van der Waals surface area contributed by atoms with E-state index < -0.39 is 6.09 Å². The van der Waals surface area contributed by atoms with Crippen molar-refractivity contribution in [3.63, 3.8) is 0 Å². The van der Waals surface area contributed by atoms with Crippen LogP contribution in [0.4, 0.5) is 4.79 Å². The van der Waals surface area contributed by atoms with Gasteiger partial charge in [-0.1, -0.05) is 0 Å². The van der Waals surface area contributed by atoms with Crippen LogP contribution in [-0.2, 0) is 0 Å². The first kappa shape index (κ1) is 7.82. The molecule has 0 saturated carbocycles. The minimum Gasteiger partial charge on any atom is -0.465 e. The summed E-state index contributed by atoms with van der Waals surface area (Å²) in [6.45, 7) is 1.26. The zero-order valence-corrected chi connectivity index (χ0v) is 6.60. The van der Waals surface area contributed by atoms with Gasteiger partial charge in [0.05, 0.1) is 6.04 Å². The number of carbonyl (C=O) groups is 1. The molecule has 2 heterocycles. The maximum absolute atomic E-state index is 10.7. The van der Waals surface area contributed by atoms with Crippen LogP contribution in [0.2, 0.25) is 0 Å². The molecule has 5 heteroatoms. The highest BCUT2D eigenvalue weighted by atomic mass is 16.4. The standard InChI is InChI=1S/C7H12N2O3/c10-3-4-2-9(7(11)12)5-1-8-6(4)5/h4-6,8,10H,1-3H2,(H,11,12). The van der Waals surface area contributed by atoms with Gasteiger partial charge in [0, 0.05) is 31.7 Å². The topological polar surface area (TPSA) is 72.8 Å². The third-order valence-electron chi connectivity index (χ3n) is 2.80. The summed E-state index contributed by atoms with van der Waals surface area (Å²) in [5.41, 5.74) is 0. The van der Waals surface area contributed by atoms with E-state index in [9.17, 15) is 4.79 Å². The lowest BCUT2D eigenvalue weighted by Gasteiger charge is -2.37. The van der Waals surface area contributed by atoms with E-state index in [1.807, 2.05) is 0 Å². The Morgan fingerprint density at radius 2 is 2.42 bits per heavy atom. The number of hydrogen-bond acceptors (Lipinski definition) is 3. The lowest BCUT2D eigenvalue weighted by Crippen LogP contribution is -2.61. The minimum atomic E-state index is -0.873. The molecule has 1 amide bonds. The van der Waals surface area contributed by atoms with Crippen molar-refractivity contribution in [2.24, 2.45) is 5.92 Å². The number of likely N-dealkylation sites (tertiary alicyclic amines) is 1. The van der Waals surface area contributed by atoms with Crippen molar-refractivity contribution in [1.29, 1.82) is 0 Å². The van der Waals surface area contributed by atoms with E-state index in [0.717, 1.165) is 6.54 Å². The van der Waals surface area contributed by atoms with Crippen LogP contribution < -0.4 is 5.32 Å². The second-order valence-corrected chi connectivity index (χ2v) is 3.38. The summed E-state index contributed by atoms with van der Waals surface area (Å²) in [7, 11) is 0. The second kappa shape index (κ2) is 2.60. The van der Waals surface area contributed by atoms with E-state index in [1.54, 1.807) is 0 Å². The normalized spacial score (nSPS) is 39.1. The molecule has 2 aliphatic heterocycles. The molecule has 3 N–H and O–H groups in total. The zero-order valence-electron chi connectivity index (χ0n) is 6.60. The molecule has 0 bridgehead atoms. The van der Waals surface area contributed by atoms with Gasteiger partial charge in [-0.25, -0.2) is 4.79 Å². The van der Waals surface area contributed by atoms with Crippen molar-refractivity contribution in [1.82, 2.24) is 10.2 Å². The first-order valence-electron chi connectivity index (χ1n) is 4.08. The van der Waals surface area contributed by atoms with Crippen LogP contribution >= 0.6 is 0 Å². The van der Waals surface area contributed by atoms with Crippen molar-refractivity contribution < 1.29 is 15.0 Å². The predicted octanol–water partition coefficient (Wildman–Crippen LogP) is -1.07. The molecule has 2 saturated heterocycles. The van der Waals surface area contributed by atoms with Crippen LogP contribution in [0.1, 0.15) is 0 Å². The Morgan fingerprint density at radius 3 is 2.67 bits per heavy atom. The number of hydrogen-bond donors (Lipinski definition) is 3. The number of carboxylic acid groups (broad SMARTS) is 1. The number of nitrogens with zero attached hydrogens (tertiary/aromatic N) is 1. The number of rotatable bonds is 1. The molecule has 2 fully saturated rings. The van der Waals surface area contributed by atoms with E-state index >= 15 is 0 Å². The average molecular weight is 172 g/mol. The Morgan fingerprint density at radius 1 is 1.67 bits per heavy atom. The Bertz CT molecular complexity index is 207. The van der Waals surface area contributed by atoms with Crippen LogP contribution in [0.3, 0.4) is 0 Å². The number of nitrogens with one attached hydrogen (secondary N) is 1. The molecule has 0 aromatic heterocycles. The van der Waals surface area contributed by atoms with E-state index in [0.29, 0.717) is 6.54 Å². The van der Waals surface area contributed by atoms with E-state index in [-0.39, 0.29) is 24.6 Å². The molecule has 0 radical (unpaired) electrons. The molecular weight excluding hydrogens is 160 g/mol. The molecule has 0 spiro atoms. The van der Waals surface area contributed by atoms with Gasteiger partial charge in [0.1, 0.15) is 0 Å². The fourth-order valence-electron chi connectivity index (χ4n) is 2.04. The SMILES string of the molecule is O=C(O)N1CC(CO)C2NCC21. The van der Waals surface area contributed by atoms with Gasteiger partial charge >= 0.3 is 6.09 Å². The molecule has 3 atom stereocenters. The van der Waals surface area contributed by atoms with Gasteiger partial charge in [0.15, 0.2) is 0 Å². The Balaban J connectivity index is 2.07. The molecule has 0 aromatic carbocycles. The highest BCUT2D eigenvalue weighted by molar-refractivity contribution is 5.66. The third-order valence-corrected chi connectivity index (χ3v) is 2.80. The van der Waals surface area contributed by atoms with E-state index in [1.165, 1.54) is 4.90 Å². The predicted molar refractivity (Wildman–Crippen MR) is 40.9 cm³/mol. The maximum Gasteiger partial charge on any atom is 0.407 e. The van der Waals surface area contributed by atoms with Crippen molar-refractivity contribution in [3.8, 4) is 0 Å². The van der Waals surface area contributed by atoms with Gasteiger partial charge in [0.25, 0.3) is 0 Å². The molecule has 3 unspecified atom stereocenters. The van der Waals surface area contributed by atoms with Crippen LogP contribution in [0.25, 0.3) is 0 Å². The van der Waals surface area contributed by atoms with Gasteiger partial charge in [0.2, 0.25) is 0 Å². The Kier molecular flexibility index (Phi) is 1.69. The quantitative estimate of drug-likeness (QED) is 0.471. The molecule has 2 rings (SSSR count). The van der Waals surface area contributed by atoms with E-state index in [2.05, 4.69) is 5.32 Å². The lowest BCUT2D eigenvalue weighted by molar-refractivity contribution is 0.120. The molecule has 2 aliphatic rings. The number of amides is 1. The largest absolute Gasteiger partial charge is 0.465 e. The van der Waals surface area contributed by atoms with Crippen LogP contribution in [0.15, 0.2) is 0 Å². The van der Waals surface area contributed by atoms with Crippen molar-refractivity contribution >= 4 is 6.09 Å². The first-order valence-corrected chi connectivity index (χ1v) is 4.08. The summed E-state index contributed by atoms with van der Waals surface area (Å²) >= 11 is 0. The van der Waals surface area contributed by atoms with Crippen molar-refractivity contribution in [3.05, 3.63) is 0 Å². The summed E-state index contributed by atoms with van der Waals surface area (Å²) in [6, 6.07) is 0.283. The van der Waals surface area contributed by atoms with Crippen LogP contribution in [0.5, 0.6) is 0 Å². The molecule has 68 valence electrons. The van der Waals surface area contributed by atoms with Gasteiger partial charge in [-0.2, -0.15) is 0 Å². The van der Waals surface area contributed by atoms with E-state index in [4.69, 9.17) is 10.2 Å². The molecule has 5 nitrogen and oxygen atoms in total. The molecule has 0 aromatic rings. The summed E-state index contributed by atoms with van der Waals surface area (Å²) in [6.07, 6.45) is -0.873. The fraction of sp³-hybridized carbons (Fsp3) is 0.857. The van der Waals surface area contributed by atoms with Crippen molar-refractivity contribution in [2.75, 3.05) is 19.7 Å². The second-order valence-electron chi connectivity index (χ2n) is 3.38. The molecule has 12 heavy (non-hydrogen) atoms. The fourth-order valence-corrected chi connectivity index (χ4v) is 2.04. The minimum absolute atomic E-state index is 0.0674. The van der Waals surface area contributed by atoms with Crippen LogP contribution in [-0.4, -0.2) is 53.0 Å². The zero-order chi connectivity index (χ0) is 8.72.